The summed E-state index contributed by atoms with van der Waals surface area (Å²) in [4.78, 5) is 12.1. The van der Waals surface area contributed by atoms with E-state index in [0.717, 1.165) is 31.3 Å². The second-order valence-corrected chi connectivity index (χ2v) is 7.65. The van der Waals surface area contributed by atoms with Gasteiger partial charge in [-0.1, -0.05) is 39.8 Å². The monoisotopic (exact) mass is 354 g/mol. The van der Waals surface area contributed by atoms with Crippen LogP contribution in [0.3, 0.4) is 0 Å². The van der Waals surface area contributed by atoms with Crippen LogP contribution in [0.25, 0.3) is 0 Å². The molecular weight excluding hydrogens is 316 g/mol. The summed E-state index contributed by atoms with van der Waals surface area (Å²) in [7, 11) is 0. The lowest BCUT2D eigenvalue weighted by Gasteiger charge is -2.26. The summed E-state index contributed by atoms with van der Waals surface area (Å²) < 4.78 is 5.67. The highest BCUT2D eigenvalue weighted by atomic mass is 16.5. The fraction of sp³-hybridized carbons (Fsp3) is 0.762. The first-order valence-corrected chi connectivity index (χ1v) is 9.44. The van der Waals surface area contributed by atoms with E-state index in [1.54, 1.807) is 6.92 Å². The molecule has 0 saturated carbocycles. The lowest BCUT2D eigenvalue weighted by atomic mass is 9.86. The molecule has 0 aliphatic carbocycles. The van der Waals surface area contributed by atoms with Crippen molar-refractivity contribution in [3.8, 4) is 0 Å². The van der Waals surface area contributed by atoms with E-state index in [0.29, 0.717) is 11.5 Å². The fourth-order valence-corrected chi connectivity index (χ4v) is 2.92. The molecule has 0 aromatic rings. The Balaban J connectivity index is 4.93. The van der Waals surface area contributed by atoms with Crippen molar-refractivity contribution in [1.29, 1.82) is 0 Å². The third kappa shape index (κ3) is 10.5. The first-order valence-electron chi connectivity index (χ1n) is 9.44. The van der Waals surface area contributed by atoms with E-state index in [4.69, 9.17) is 9.84 Å². The minimum atomic E-state index is -0.401. The van der Waals surface area contributed by atoms with Gasteiger partial charge in [-0.05, 0) is 62.9 Å². The zero-order valence-electron chi connectivity index (χ0n) is 16.9. The van der Waals surface area contributed by atoms with Crippen LogP contribution in [0.15, 0.2) is 23.8 Å². The number of hydrogen-bond donors (Lipinski definition) is 2. The minimum Gasteiger partial charge on any atom is -0.459 e. The molecule has 0 aromatic carbocycles. The molecule has 0 fully saturated rings. The van der Waals surface area contributed by atoms with E-state index in [1.807, 2.05) is 13.8 Å². The van der Waals surface area contributed by atoms with Crippen LogP contribution in [-0.2, 0) is 9.53 Å². The second kappa shape index (κ2) is 12.3. The Morgan fingerprint density at radius 3 is 2.24 bits per heavy atom. The molecular formula is C21H38O4. The standard InChI is InChI=1S/C21H38O4/c1-8-16(4)17(5)12-20(25-21(24)11-15(3)13-22)10-14(2)9-18(6)19(7)23/h11,14,17-20,22-23H,4,8-10,12-13H2,1-3,5-7H3/b15-11+/t14-,17+,18+,19-,20+/m0/s1. The molecule has 4 nitrogen and oxygen atoms in total. The molecule has 0 radical (unpaired) electrons. The quantitative estimate of drug-likeness (QED) is 0.312. The molecule has 0 aliphatic rings. The Kier molecular flexibility index (Phi) is 11.7. The van der Waals surface area contributed by atoms with Gasteiger partial charge in [0.25, 0.3) is 0 Å². The Labute approximate surface area is 154 Å². The summed E-state index contributed by atoms with van der Waals surface area (Å²) in [6.45, 7) is 15.8. The highest BCUT2D eigenvalue weighted by Gasteiger charge is 2.22. The largest absolute Gasteiger partial charge is 0.459 e. The smallest absolute Gasteiger partial charge is 0.331 e. The van der Waals surface area contributed by atoms with Crippen molar-refractivity contribution in [3.63, 3.8) is 0 Å². The normalized spacial score (nSPS) is 18.2. The number of rotatable bonds is 12. The van der Waals surface area contributed by atoms with Gasteiger partial charge in [0.15, 0.2) is 0 Å². The van der Waals surface area contributed by atoms with E-state index in [2.05, 4.69) is 27.4 Å². The molecule has 0 rings (SSSR count). The number of allylic oxidation sites excluding steroid dienone is 1. The van der Waals surface area contributed by atoms with Crippen LogP contribution in [0, 0.1) is 17.8 Å². The van der Waals surface area contributed by atoms with E-state index in [9.17, 15) is 9.90 Å². The highest BCUT2D eigenvalue weighted by Crippen LogP contribution is 2.26. The van der Waals surface area contributed by atoms with E-state index < -0.39 is 5.97 Å². The maximum Gasteiger partial charge on any atom is 0.331 e. The van der Waals surface area contributed by atoms with Crippen LogP contribution >= 0.6 is 0 Å². The van der Waals surface area contributed by atoms with Gasteiger partial charge in [-0.2, -0.15) is 0 Å². The van der Waals surface area contributed by atoms with Gasteiger partial charge >= 0.3 is 5.97 Å². The maximum absolute atomic E-state index is 12.1. The molecule has 0 amide bonds. The van der Waals surface area contributed by atoms with Crippen molar-refractivity contribution >= 4 is 5.97 Å². The first-order chi connectivity index (χ1) is 11.6. The topological polar surface area (TPSA) is 66.8 Å². The van der Waals surface area contributed by atoms with Crippen molar-refractivity contribution < 1.29 is 19.7 Å². The molecule has 4 heteroatoms. The van der Waals surface area contributed by atoms with Gasteiger partial charge in [0, 0.05) is 6.08 Å². The first kappa shape index (κ1) is 23.9. The molecule has 146 valence electrons. The minimum absolute atomic E-state index is 0.148. The summed E-state index contributed by atoms with van der Waals surface area (Å²) in [5.41, 5.74) is 1.75. The molecule has 0 aromatic heterocycles. The number of ether oxygens (including phenoxy) is 1. The lowest BCUT2D eigenvalue weighted by molar-refractivity contribution is -0.144. The van der Waals surface area contributed by atoms with Gasteiger partial charge in [0.1, 0.15) is 6.10 Å². The van der Waals surface area contributed by atoms with Gasteiger partial charge in [-0.25, -0.2) is 4.79 Å². The molecule has 0 unspecified atom stereocenters. The number of esters is 1. The molecule has 0 saturated heterocycles. The Morgan fingerprint density at radius 1 is 1.16 bits per heavy atom. The van der Waals surface area contributed by atoms with E-state index in [1.165, 1.54) is 6.08 Å². The van der Waals surface area contributed by atoms with Crippen molar-refractivity contribution in [2.24, 2.45) is 17.8 Å². The van der Waals surface area contributed by atoms with Crippen molar-refractivity contribution in [1.82, 2.24) is 0 Å². The number of hydrogen-bond acceptors (Lipinski definition) is 4. The van der Waals surface area contributed by atoms with Crippen molar-refractivity contribution in [3.05, 3.63) is 23.8 Å². The molecule has 25 heavy (non-hydrogen) atoms. The van der Waals surface area contributed by atoms with E-state index in [-0.39, 0.29) is 30.7 Å². The zero-order chi connectivity index (χ0) is 19.6. The third-order valence-electron chi connectivity index (χ3n) is 4.93. The van der Waals surface area contributed by atoms with Crippen molar-refractivity contribution in [2.45, 2.75) is 79.4 Å². The number of carbonyl (C=O) groups is 1. The van der Waals surface area contributed by atoms with Gasteiger partial charge in [0.05, 0.1) is 12.7 Å². The number of carbonyl (C=O) groups excluding carboxylic acids is 1. The molecule has 2 N–H and O–H groups in total. The summed E-state index contributed by atoms with van der Waals surface area (Å²) in [6, 6.07) is 0. The summed E-state index contributed by atoms with van der Waals surface area (Å²) in [6.07, 6.45) is 4.14. The average molecular weight is 355 g/mol. The fourth-order valence-electron chi connectivity index (χ4n) is 2.92. The predicted molar refractivity (Wildman–Crippen MR) is 103 cm³/mol. The lowest BCUT2D eigenvalue weighted by Crippen LogP contribution is -2.25. The third-order valence-corrected chi connectivity index (χ3v) is 4.93. The van der Waals surface area contributed by atoms with Crippen LogP contribution in [-0.4, -0.2) is 35.0 Å². The SMILES string of the molecule is C=C(CC)[C@H](C)C[C@@H](C[C@@H](C)C[C@@H](C)[C@H](C)O)OC(=O)/C=C(\C)CO. The van der Waals surface area contributed by atoms with Crippen LogP contribution in [0.5, 0.6) is 0 Å². The van der Waals surface area contributed by atoms with Crippen LogP contribution in [0.4, 0.5) is 0 Å². The average Bonchev–Trinajstić information content (AvgIpc) is 2.52. The summed E-state index contributed by atoms with van der Waals surface area (Å²) in [5, 5.41) is 18.8. The van der Waals surface area contributed by atoms with E-state index >= 15 is 0 Å². The van der Waals surface area contributed by atoms with Crippen molar-refractivity contribution in [2.75, 3.05) is 6.61 Å². The van der Waals surface area contributed by atoms with Gasteiger partial charge in [-0.15, -0.1) is 0 Å². The Hall–Kier alpha value is -1.13. The van der Waals surface area contributed by atoms with Gasteiger partial charge in [0.2, 0.25) is 0 Å². The molecule has 0 aliphatic heterocycles. The van der Waals surface area contributed by atoms with Gasteiger partial charge < -0.3 is 14.9 Å². The Bertz CT molecular complexity index is 439. The maximum atomic E-state index is 12.1. The molecule has 0 spiro atoms. The Morgan fingerprint density at radius 2 is 1.76 bits per heavy atom. The van der Waals surface area contributed by atoms with Crippen LogP contribution in [0.1, 0.15) is 67.2 Å². The van der Waals surface area contributed by atoms with Crippen LogP contribution in [0.2, 0.25) is 0 Å². The molecule has 0 heterocycles. The zero-order valence-corrected chi connectivity index (χ0v) is 16.9. The van der Waals surface area contributed by atoms with Crippen LogP contribution < -0.4 is 0 Å². The van der Waals surface area contributed by atoms with Gasteiger partial charge in [-0.3, -0.25) is 0 Å². The molecule has 0 bridgehead atoms. The molecule has 5 atom stereocenters. The number of aliphatic hydroxyl groups is 2. The number of aliphatic hydroxyl groups excluding tert-OH is 2. The second-order valence-electron chi connectivity index (χ2n) is 7.65. The summed E-state index contributed by atoms with van der Waals surface area (Å²) >= 11 is 0. The predicted octanol–water partition coefficient (Wildman–Crippen LogP) is 4.26. The highest BCUT2D eigenvalue weighted by molar-refractivity contribution is 5.82. The summed E-state index contributed by atoms with van der Waals surface area (Å²) in [5.74, 6) is 0.437.